The minimum absolute atomic E-state index is 0.394. The molecule has 0 aliphatic rings. The summed E-state index contributed by atoms with van der Waals surface area (Å²) in [4.78, 5) is 6.24. The van der Waals surface area contributed by atoms with Crippen LogP contribution in [0.25, 0.3) is 0 Å². The van der Waals surface area contributed by atoms with Crippen molar-refractivity contribution in [1.82, 2.24) is 4.98 Å². The molecule has 1 heterocycles. The first-order valence-electron chi connectivity index (χ1n) is 7.09. The highest BCUT2D eigenvalue weighted by Gasteiger charge is 2.12. The Kier molecular flexibility index (Phi) is 5.13. The maximum Gasteiger partial charge on any atom is 0.0807 e. The molecule has 1 N–H and O–H groups in total. The van der Waals surface area contributed by atoms with Crippen molar-refractivity contribution in [2.75, 3.05) is 18.5 Å². The summed E-state index contributed by atoms with van der Waals surface area (Å²) in [7, 11) is 2.07. The van der Waals surface area contributed by atoms with E-state index in [0.717, 1.165) is 30.6 Å². The minimum Gasteiger partial charge on any atom is -0.388 e. The fraction of sp³-hybridized carbons (Fsp3) is 0.353. The van der Waals surface area contributed by atoms with Gasteiger partial charge in [-0.25, -0.2) is 0 Å². The summed E-state index contributed by atoms with van der Waals surface area (Å²) in [5.74, 6) is 0. The zero-order chi connectivity index (χ0) is 14.4. The maximum absolute atomic E-state index is 10.1. The number of aromatic nitrogens is 1. The van der Waals surface area contributed by atoms with Gasteiger partial charge in [0.2, 0.25) is 0 Å². The van der Waals surface area contributed by atoms with Crippen molar-refractivity contribution < 1.29 is 5.11 Å². The van der Waals surface area contributed by atoms with E-state index in [4.69, 9.17) is 0 Å². The zero-order valence-corrected chi connectivity index (χ0v) is 12.2. The Balaban J connectivity index is 2.07. The zero-order valence-electron chi connectivity index (χ0n) is 12.2. The number of pyridine rings is 1. The summed E-state index contributed by atoms with van der Waals surface area (Å²) in [6.07, 6.45) is 4.95. The average Bonchev–Trinajstić information content (AvgIpc) is 2.52. The first-order chi connectivity index (χ1) is 9.72. The highest BCUT2D eigenvalue weighted by Crippen LogP contribution is 2.27. The second-order valence-electron chi connectivity index (χ2n) is 5.01. The summed E-state index contributed by atoms with van der Waals surface area (Å²) in [5, 5.41) is 10.1. The van der Waals surface area contributed by atoms with Crippen LogP contribution in [0.15, 0.2) is 48.8 Å². The molecule has 0 radical (unpaired) electrons. The van der Waals surface area contributed by atoms with E-state index in [1.54, 1.807) is 0 Å². The monoisotopic (exact) mass is 270 g/mol. The summed E-state index contributed by atoms with van der Waals surface area (Å²) >= 11 is 0. The third-order valence-corrected chi connectivity index (χ3v) is 3.58. The molecule has 0 fully saturated rings. The van der Waals surface area contributed by atoms with Gasteiger partial charge in [0.05, 0.1) is 6.10 Å². The molecule has 1 atom stereocenters. The quantitative estimate of drug-likeness (QED) is 0.875. The number of aliphatic hydroxyl groups is 1. The molecule has 2 rings (SSSR count). The molecule has 2 aromatic rings. The number of hydrogen-bond acceptors (Lipinski definition) is 3. The molecule has 106 valence electrons. The second kappa shape index (κ2) is 7.06. The van der Waals surface area contributed by atoms with Crippen molar-refractivity contribution >= 4 is 5.69 Å². The molecular formula is C17H22N2O. The molecule has 3 nitrogen and oxygen atoms in total. The van der Waals surface area contributed by atoms with Gasteiger partial charge in [0, 0.05) is 37.2 Å². The normalized spacial score (nSPS) is 12.2. The Morgan fingerprint density at radius 2 is 1.85 bits per heavy atom. The fourth-order valence-corrected chi connectivity index (χ4v) is 2.30. The predicted octanol–water partition coefficient (Wildman–Crippen LogP) is 3.20. The van der Waals surface area contributed by atoms with Gasteiger partial charge < -0.3 is 10.0 Å². The summed E-state index contributed by atoms with van der Waals surface area (Å²) in [6, 6.07) is 12.2. The van der Waals surface area contributed by atoms with E-state index in [1.807, 2.05) is 49.6 Å². The van der Waals surface area contributed by atoms with E-state index < -0.39 is 6.10 Å². The molecule has 0 unspecified atom stereocenters. The van der Waals surface area contributed by atoms with Crippen molar-refractivity contribution in [3.8, 4) is 0 Å². The topological polar surface area (TPSA) is 36.4 Å². The lowest BCUT2D eigenvalue weighted by atomic mass is 10.0. The lowest BCUT2D eigenvalue weighted by Gasteiger charge is -2.24. The van der Waals surface area contributed by atoms with Gasteiger partial charge in [-0.3, -0.25) is 4.98 Å². The molecule has 0 spiro atoms. The number of anilines is 1. The maximum atomic E-state index is 10.1. The Hall–Kier alpha value is -1.87. The molecule has 0 aliphatic heterocycles. The van der Waals surface area contributed by atoms with Crippen molar-refractivity contribution in [2.45, 2.75) is 25.9 Å². The Morgan fingerprint density at radius 3 is 2.55 bits per heavy atom. The third-order valence-electron chi connectivity index (χ3n) is 3.58. The van der Waals surface area contributed by atoms with Crippen molar-refractivity contribution in [3.05, 3.63) is 59.9 Å². The van der Waals surface area contributed by atoms with Gasteiger partial charge in [0.25, 0.3) is 0 Å². The van der Waals surface area contributed by atoms with Crippen LogP contribution in [0.3, 0.4) is 0 Å². The molecule has 0 aliphatic carbocycles. The minimum atomic E-state index is -0.394. The molecule has 0 saturated carbocycles. The number of rotatable bonds is 6. The first kappa shape index (κ1) is 14.5. The van der Waals surface area contributed by atoms with E-state index in [2.05, 4.69) is 23.0 Å². The Bertz CT molecular complexity index is 528. The molecule has 0 saturated heterocycles. The predicted molar refractivity (Wildman–Crippen MR) is 82.9 cm³/mol. The van der Waals surface area contributed by atoms with Gasteiger partial charge in [-0.1, -0.05) is 25.1 Å². The average molecular weight is 270 g/mol. The molecular weight excluding hydrogens is 248 g/mol. The van der Waals surface area contributed by atoms with Crippen molar-refractivity contribution in [3.63, 3.8) is 0 Å². The smallest absolute Gasteiger partial charge is 0.0807 e. The number of likely N-dealkylation sites (N-methyl/N-ethyl adjacent to an activating group) is 1. The SMILES string of the molecule is CC[C@H](O)c1ccccc1N(C)CCc1ccncc1. The Labute approximate surface area is 120 Å². The van der Waals surface area contributed by atoms with Gasteiger partial charge in [0.1, 0.15) is 0 Å². The lowest BCUT2D eigenvalue weighted by molar-refractivity contribution is 0.174. The summed E-state index contributed by atoms with van der Waals surface area (Å²) < 4.78 is 0. The second-order valence-corrected chi connectivity index (χ2v) is 5.01. The molecule has 20 heavy (non-hydrogen) atoms. The largest absolute Gasteiger partial charge is 0.388 e. The van der Waals surface area contributed by atoms with E-state index >= 15 is 0 Å². The molecule has 0 bridgehead atoms. The van der Waals surface area contributed by atoms with E-state index in [9.17, 15) is 5.11 Å². The molecule has 3 heteroatoms. The van der Waals surface area contributed by atoms with Crippen LogP contribution in [-0.4, -0.2) is 23.7 Å². The summed E-state index contributed by atoms with van der Waals surface area (Å²) in [5.41, 5.74) is 3.39. The fourth-order valence-electron chi connectivity index (χ4n) is 2.30. The van der Waals surface area contributed by atoms with Gasteiger partial charge >= 0.3 is 0 Å². The number of hydrogen-bond donors (Lipinski definition) is 1. The Morgan fingerprint density at radius 1 is 1.15 bits per heavy atom. The van der Waals surface area contributed by atoms with Gasteiger partial charge in [-0.15, -0.1) is 0 Å². The van der Waals surface area contributed by atoms with Crippen molar-refractivity contribution in [1.29, 1.82) is 0 Å². The van der Waals surface area contributed by atoms with Crippen LogP contribution in [0.1, 0.15) is 30.6 Å². The number of benzene rings is 1. The van der Waals surface area contributed by atoms with Gasteiger partial charge in [-0.05, 0) is 36.6 Å². The van der Waals surface area contributed by atoms with Crippen molar-refractivity contribution in [2.24, 2.45) is 0 Å². The molecule has 1 aromatic heterocycles. The number of nitrogens with zero attached hydrogens (tertiary/aromatic N) is 2. The van der Waals surface area contributed by atoms with E-state index in [0.29, 0.717) is 0 Å². The van der Waals surface area contributed by atoms with Crippen LogP contribution in [0.5, 0.6) is 0 Å². The van der Waals surface area contributed by atoms with Crippen LogP contribution in [-0.2, 0) is 6.42 Å². The van der Waals surface area contributed by atoms with E-state index in [-0.39, 0.29) is 0 Å². The highest BCUT2D eigenvalue weighted by molar-refractivity contribution is 5.54. The first-order valence-corrected chi connectivity index (χ1v) is 7.09. The van der Waals surface area contributed by atoms with Gasteiger partial charge in [0.15, 0.2) is 0 Å². The van der Waals surface area contributed by atoms with Crippen LogP contribution >= 0.6 is 0 Å². The van der Waals surface area contributed by atoms with Crippen LogP contribution in [0.2, 0.25) is 0 Å². The lowest BCUT2D eigenvalue weighted by Crippen LogP contribution is -2.22. The number of aliphatic hydroxyl groups excluding tert-OH is 1. The third kappa shape index (κ3) is 3.58. The van der Waals surface area contributed by atoms with Crippen LogP contribution in [0, 0.1) is 0 Å². The van der Waals surface area contributed by atoms with Crippen LogP contribution in [0.4, 0.5) is 5.69 Å². The number of para-hydroxylation sites is 1. The highest BCUT2D eigenvalue weighted by atomic mass is 16.3. The van der Waals surface area contributed by atoms with Crippen LogP contribution < -0.4 is 4.90 Å². The van der Waals surface area contributed by atoms with Gasteiger partial charge in [-0.2, -0.15) is 0 Å². The van der Waals surface area contributed by atoms with E-state index in [1.165, 1.54) is 5.56 Å². The standard InChI is InChI=1S/C17H22N2O/c1-3-17(20)15-6-4-5-7-16(15)19(2)13-10-14-8-11-18-12-9-14/h4-9,11-12,17,20H,3,10,13H2,1-2H3/t17-/m0/s1. The summed E-state index contributed by atoms with van der Waals surface area (Å²) in [6.45, 7) is 2.91. The molecule has 1 aromatic carbocycles. The molecule has 0 amide bonds.